The maximum Gasteiger partial charge on any atom is 0.192 e. The topological polar surface area (TPSA) is 239 Å². The van der Waals surface area contributed by atoms with Crippen LogP contribution in [0.15, 0.2) is 0 Å². The van der Waals surface area contributed by atoms with Gasteiger partial charge < -0.3 is 24.0 Å². The van der Waals surface area contributed by atoms with E-state index in [0.29, 0.717) is 87.2 Å². The van der Waals surface area contributed by atoms with Gasteiger partial charge in [0, 0.05) is 128 Å². The van der Waals surface area contributed by atoms with Crippen LogP contribution in [0, 0.1) is 23.7 Å². The fourth-order valence-electron chi connectivity index (χ4n) is 13.0. The van der Waals surface area contributed by atoms with Crippen LogP contribution in [0.3, 0.4) is 0 Å². The van der Waals surface area contributed by atoms with E-state index in [-0.39, 0.29) is 58.7 Å². The molecule has 0 aromatic carbocycles. The Bertz CT molecular complexity index is 2700. The molecule has 0 unspecified atom stereocenters. The monoisotopic (exact) mass is 2060 g/mol. The Morgan fingerprint density at radius 3 is 0.531 bits per heavy atom. The van der Waals surface area contributed by atoms with Gasteiger partial charge in [-0.05, 0) is 319 Å². The average Bonchev–Trinajstić information content (AvgIpc) is 0.882. The molecule has 0 N–H and O–H groups in total. The van der Waals surface area contributed by atoms with Crippen molar-refractivity contribution >= 4 is 241 Å². The molecule has 14 nitrogen and oxygen atoms in total. The summed E-state index contributed by atoms with van der Waals surface area (Å²) in [6.45, 7) is 11.5. The lowest BCUT2D eigenvalue weighted by molar-refractivity contribution is -0.123. The van der Waals surface area contributed by atoms with Crippen molar-refractivity contribution in [2.24, 2.45) is 23.7 Å². The highest BCUT2D eigenvalue weighted by Crippen LogP contribution is 2.35. The third-order valence-electron chi connectivity index (χ3n) is 20.8. The van der Waals surface area contributed by atoms with E-state index in [1.807, 2.05) is 82.3 Å². The molecule has 128 heavy (non-hydrogen) atoms. The molecule has 0 amide bonds. The third-order valence-corrected chi connectivity index (χ3v) is 33.0. The number of thioether (sulfide) groups is 14. The molecule has 0 saturated heterocycles. The van der Waals surface area contributed by atoms with Gasteiger partial charge in [0.25, 0.3) is 0 Å². The quantitative estimate of drug-likeness (QED) is 0.0514. The predicted molar refractivity (Wildman–Crippen MR) is 591 cm³/mol. The number of Topliss-reactive ketones (excluding diaryl/α,β-unsaturated/α-hetero) is 7. The maximum absolute atomic E-state index is 12.1. The molecule has 2 aliphatic rings. The summed E-state index contributed by atoms with van der Waals surface area (Å²) in [5.41, 5.74) is 0. The molecule has 0 spiro atoms. The lowest BCUT2D eigenvalue weighted by Gasteiger charge is -2.25. The van der Waals surface area contributed by atoms with Crippen LogP contribution in [-0.2, 0) is 67.1 Å². The molecule has 2 rings (SSSR count). The normalized spacial score (nSPS) is 14.2. The van der Waals surface area contributed by atoms with Crippen LogP contribution in [0.2, 0.25) is 0 Å². The number of carbonyl (C=O) groups excluding carboxylic acids is 14. The molecule has 0 heterocycles. The van der Waals surface area contributed by atoms with Crippen molar-refractivity contribution in [1.82, 2.24) is 0 Å². The summed E-state index contributed by atoms with van der Waals surface area (Å²) < 4.78 is 0. The molecule has 0 aliphatic heterocycles. The van der Waals surface area contributed by atoms with Crippen molar-refractivity contribution in [3.8, 4) is 0 Å². The Hall–Kier alpha value is 0.280. The van der Waals surface area contributed by atoms with Crippen molar-refractivity contribution in [3.63, 3.8) is 0 Å². The molecule has 0 radical (unpaired) electrons. The van der Waals surface area contributed by atoms with E-state index in [1.54, 1.807) is 48.5 Å². The van der Waals surface area contributed by atoms with E-state index in [9.17, 15) is 67.1 Å². The van der Waals surface area contributed by atoms with Gasteiger partial charge in [0.1, 0.15) is 40.5 Å². The summed E-state index contributed by atoms with van der Waals surface area (Å²) in [4.78, 5) is 158. The van der Waals surface area contributed by atoms with Gasteiger partial charge in [-0.1, -0.05) is 180 Å². The molecule has 2 fully saturated rings. The first-order chi connectivity index (χ1) is 61.1. The van der Waals surface area contributed by atoms with Crippen LogP contribution in [0.4, 0.5) is 0 Å². The minimum Gasteiger partial charge on any atom is -0.300 e. The number of hydrogen-bond acceptors (Lipinski definition) is 28. The SMILES string of the molecule is C.CSCCCCCCSC(=O)C1CCC(C(C)=O)CC1.CSCCCCCCSC(=O)CCCCC(C)=O.CSCCCCCCSC(=O)CCCCCCCCC(C)=O.CSCCCCSC(=O)CCCCC(C)=O.CSCCCSC(=O)C1CCC(C(C)=O)CC1.CSCCCSC(=O)CCCCC(C)=O.CSCCCSC(=O)CCCCCCCCC(C)=O. The molecular formula is C100H184O14S14. The Labute approximate surface area is 844 Å². The molecule has 28 heteroatoms. The van der Waals surface area contributed by atoms with E-state index >= 15 is 0 Å². The van der Waals surface area contributed by atoms with Crippen molar-refractivity contribution in [1.29, 1.82) is 0 Å². The summed E-state index contributed by atoms with van der Waals surface area (Å²) in [5.74, 6) is 17.9. The van der Waals surface area contributed by atoms with Gasteiger partial charge in [-0.2, -0.15) is 82.3 Å². The molecule has 2 aliphatic carbocycles. The lowest BCUT2D eigenvalue weighted by atomic mass is 9.81. The van der Waals surface area contributed by atoms with Gasteiger partial charge in [-0.25, -0.2) is 0 Å². The summed E-state index contributed by atoms with van der Waals surface area (Å²) >= 11 is 23.5. The highest BCUT2D eigenvalue weighted by molar-refractivity contribution is 8.15. The Balaban J connectivity index is -0.000000340. The average molecular weight is 2060 g/mol. The highest BCUT2D eigenvalue weighted by atomic mass is 32.2. The van der Waals surface area contributed by atoms with Crippen LogP contribution in [-0.4, -0.2) is 201 Å². The first-order valence-electron chi connectivity index (χ1n) is 48.1. The van der Waals surface area contributed by atoms with E-state index in [4.69, 9.17) is 0 Å². The first kappa shape index (κ1) is 139. The second-order valence-electron chi connectivity index (χ2n) is 33.1. The van der Waals surface area contributed by atoms with Gasteiger partial charge in [0.2, 0.25) is 0 Å². The van der Waals surface area contributed by atoms with Crippen molar-refractivity contribution in [2.75, 3.05) is 124 Å². The second kappa shape index (κ2) is 111. The van der Waals surface area contributed by atoms with Gasteiger partial charge in [-0.3, -0.25) is 43.2 Å². The molecule has 752 valence electrons. The Morgan fingerprint density at radius 2 is 0.312 bits per heavy atom. The number of ketones is 7. The molecule has 2 saturated carbocycles. The smallest absolute Gasteiger partial charge is 0.192 e. The van der Waals surface area contributed by atoms with Crippen LogP contribution in [0.1, 0.15) is 396 Å². The summed E-state index contributed by atoms with van der Waals surface area (Å²) in [6.07, 6.45) is 68.2. The molecule has 0 aromatic rings. The minimum atomic E-state index is 0. The minimum absolute atomic E-state index is 0. The zero-order valence-corrected chi connectivity index (χ0v) is 93.5. The number of carbonyl (C=O) groups is 14. The maximum atomic E-state index is 12.1. The Kier molecular flexibility index (Phi) is 120. The molecule has 0 atom stereocenters. The lowest BCUT2D eigenvalue weighted by Crippen LogP contribution is -2.23. The van der Waals surface area contributed by atoms with E-state index in [1.165, 1.54) is 202 Å². The number of hydrogen-bond donors (Lipinski definition) is 0. The largest absolute Gasteiger partial charge is 0.300 e. The second-order valence-corrected chi connectivity index (χ2v) is 47.9. The van der Waals surface area contributed by atoms with Crippen LogP contribution < -0.4 is 0 Å². The van der Waals surface area contributed by atoms with E-state index < -0.39 is 0 Å². The first-order valence-corrected chi connectivity index (χ1v) is 64.8. The molecule has 0 bridgehead atoms. The third kappa shape index (κ3) is 115. The number of unbranched alkanes of at least 4 members (excludes halogenated alkanes) is 23. The van der Waals surface area contributed by atoms with Gasteiger partial charge in [0.15, 0.2) is 35.8 Å². The summed E-state index contributed by atoms with van der Waals surface area (Å²) in [6, 6.07) is 0. The van der Waals surface area contributed by atoms with E-state index in [2.05, 4.69) is 43.8 Å². The van der Waals surface area contributed by atoms with Crippen molar-refractivity contribution in [2.45, 2.75) is 396 Å². The van der Waals surface area contributed by atoms with Gasteiger partial charge >= 0.3 is 0 Å². The van der Waals surface area contributed by atoms with Crippen molar-refractivity contribution in [3.05, 3.63) is 0 Å². The molecular weight excluding hydrogens is 1870 g/mol. The van der Waals surface area contributed by atoms with Crippen LogP contribution in [0.25, 0.3) is 0 Å². The standard InChI is InChI=1S/C18H34O2S2.C16H28O2S2.C15H28O2S2.C14H26O2S2.C13H22O2S2.C12H22O2S2.C11H20O2S2.CH4/c1-17(19)13-9-5-3-4-6-10-14-18(20)22-16-12-8-7-11-15-21-2;1-13(17)14-7-9-15(10-8-14)16(18)20-12-6-4-3-5-11-19-2;1-14(16)10-7-5-3-4-6-8-11-15(17)19-13-9-12-18-2;1-13(15)9-5-6-10-14(16)18-12-8-4-3-7-11-17-2;1-10(14)11-4-6-12(7-5-11)13(15)17-9-3-8-16-2;1-11(13)7-3-4-8-12(14)16-10-6-5-9-15-2;1-10(12)6-3-4-7-11(13)15-9-5-8-14-2;/h3-16H2,1-2H3;14-15H,3-12H2,1-2H3;3-13H2,1-2H3;3-12H2,1-2H3;11-12H,3-9H2,1-2H3;3-10H2,1-2H3;3-9H2,1-2H3;1H4. The van der Waals surface area contributed by atoms with Crippen LogP contribution >= 0.6 is 165 Å². The molecule has 0 aromatic heterocycles. The highest BCUT2D eigenvalue weighted by Gasteiger charge is 2.30. The zero-order chi connectivity index (χ0) is 95.7. The summed E-state index contributed by atoms with van der Waals surface area (Å²) in [7, 11) is 0. The van der Waals surface area contributed by atoms with Gasteiger partial charge in [-0.15, -0.1) is 0 Å². The number of rotatable bonds is 75. The van der Waals surface area contributed by atoms with Crippen molar-refractivity contribution < 1.29 is 67.1 Å². The summed E-state index contributed by atoms with van der Waals surface area (Å²) in [5, 5.41) is 2.32. The van der Waals surface area contributed by atoms with E-state index in [0.717, 1.165) is 263 Å². The fourth-order valence-corrected chi connectivity index (χ4v) is 23.0. The van der Waals surface area contributed by atoms with Gasteiger partial charge in [0.05, 0.1) is 0 Å². The predicted octanol–water partition coefficient (Wildman–Crippen LogP) is 30.2. The fraction of sp³-hybridized carbons (Fsp3) is 0.860. The zero-order valence-electron chi connectivity index (χ0n) is 82.1. The Morgan fingerprint density at radius 1 is 0.172 bits per heavy atom. The van der Waals surface area contributed by atoms with Crippen LogP contribution in [0.5, 0.6) is 0 Å².